The Labute approximate surface area is 159 Å². The van der Waals surface area contributed by atoms with Crippen molar-refractivity contribution in [2.75, 3.05) is 13.7 Å². The van der Waals surface area contributed by atoms with E-state index >= 15 is 0 Å². The zero-order chi connectivity index (χ0) is 18.9. The summed E-state index contributed by atoms with van der Waals surface area (Å²) < 4.78 is 13.5. The van der Waals surface area contributed by atoms with Crippen molar-refractivity contribution in [2.45, 2.75) is 33.0 Å². The molecular formula is C22H25N3O2. The first-order chi connectivity index (χ1) is 13.1. The second-order valence-corrected chi connectivity index (χ2v) is 7.71. The number of rotatable bonds is 6. The first kappa shape index (κ1) is 17.7. The van der Waals surface area contributed by atoms with Gasteiger partial charge in [0.15, 0.2) is 0 Å². The van der Waals surface area contributed by atoms with Gasteiger partial charge in [-0.25, -0.2) is 0 Å². The highest BCUT2D eigenvalue weighted by atomic mass is 16.5. The van der Waals surface area contributed by atoms with Crippen LogP contribution in [0.25, 0.3) is 10.9 Å². The van der Waals surface area contributed by atoms with E-state index in [1.54, 1.807) is 7.11 Å². The third-order valence-electron chi connectivity index (χ3n) is 5.15. The van der Waals surface area contributed by atoms with E-state index < -0.39 is 0 Å². The number of aliphatic imine (C=N–C) groups is 1. The first-order valence-electron chi connectivity index (χ1n) is 9.27. The summed E-state index contributed by atoms with van der Waals surface area (Å²) in [6.07, 6.45) is 1.95. The van der Waals surface area contributed by atoms with Crippen LogP contribution in [0.5, 0.6) is 5.75 Å². The highest BCUT2D eigenvalue weighted by Gasteiger charge is 2.32. The molecular weight excluding hydrogens is 338 g/mol. The van der Waals surface area contributed by atoms with E-state index in [-0.39, 0.29) is 11.5 Å². The van der Waals surface area contributed by atoms with Gasteiger partial charge in [0.1, 0.15) is 17.9 Å². The third-order valence-corrected chi connectivity index (χ3v) is 5.15. The van der Waals surface area contributed by atoms with Crippen LogP contribution in [0.1, 0.15) is 25.1 Å². The van der Waals surface area contributed by atoms with Crippen LogP contribution < -0.4 is 4.74 Å². The number of aromatic nitrogens is 2. The molecule has 0 N–H and O–H groups in total. The topological polar surface area (TPSA) is 48.6 Å². The molecule has 0 bridgehead atoms. The van der Waals surface area contributed by atoms with Gasteiger partial charge in [0.05, 0.1) is 24.9 Å². The predicted molar refractivity (Wildman–Crippen MR) is 108 cm³/mol. The van der Waals surface area contributed by atoms with Gasteiger partial charge >= 0.3 is 0 Å². The van der Waals surface area contributed by atoms with Crippen molar-refractivity contribution in [3.05, 3.63) is 59.8 Å². The minimum absolute atomic E-state index is 0.0479. The van der Waals surface area contributed by atoms with Gasteiger partial charge in [-0.15, -0.1) is 0 Å². The summed E-state index contributed by atoms with van der Waals surface area (Å²) in [4.78, 5) is 4.80. The van der Waals surface area contributed by atoms with Gasteiger partial charge in [0.2, 0.25) is 0 Å². The Balaban J connectivity index is 1.62. The van der Waals surface area contributed by atoms with Crippen LogP contribution in [-0.2, 0) is 17.9 Å². The van der Waals surface area contributed by atoms with Gasteiger partial charge in [0.25, 0.3) is 0 Å². The van der Waals surface area contributed by atoms with E-state index in [0.717, 1.165) is 34.5 Å². The van der Waals surface area contributed by atoms with Crippen LogP contribution in [-0.4, -0.2) is 35.8 Å². The molecule has 1 aliphatic rings. The lowest BCUT2D eigenvalue weighted by atomic mass is 9.85. The number of ether oxygens (including phenoxy) is 2. The maximum atomic E-state index is 6.08. The highest BCUT2D eigenvalue weighted by Crippen LogP contribution is 2.32. The van der Waals surface area contributed by atoms with E-state index in [9.17, 15) is 0 Å². The Hall–Kier alpha value is -2.66. The molecule has 0 fully saturated rings. The fourth-order valence-corrected chi connectivity index (χ4v) is 3.56. The third kappa shape index (κ3) is 3.47. The summed E-state index contributed by atoms with van der Waals surface area (Å²) in [5.41, 5.74) is 3.02. The summed E-state index contributed by atoms with van der Waals surface area (Å²) in [6.45, 7) is 6.30. The molecule has 0 aliphatic carbocycles. The zero-order valence-electron chi connectivity index (χ0n) is 16.1. The molecule has 4 rings (SSSR count). The van der Waals surface area contributed by atoms with Crippen molar-refractivity contribution in [2.24, 2.45) is 10.4 Å². The summed E-state index contributed by atoms with van der Waals surface area (Å²) in [5.74, 6) is 0.805. The molecule has 27 heavy (non-hydrogen) atoms. The van der Waals surface area contributed by atoms with Crippen LogP contribution in [0.15, 0.2) is 53.5 Å². The molecule has 0 saturated carbocycles. The maximum absolute atomic E-state index is 6.08. The lowest BCUT2D eigenvalue weighted by Gasteiger charge is -2.32. The Kier molecular flexibility index (Phi) is 4.70. The van der Waals surface area contributed by atoms with Crippen LogP contribution in [0.3, 0.4) is 0 Å². The molecule has 1 aromatic heterocycles. The highest BCUT2D eigenvalue weighted by molar-refractivity contribution is 5.99. The largest absolute Gasteiger partial charge is 0.487 e. The number of fused-ring (bicyclic) bond motifs is 3. The zero-order valence-corrected chi connectivity index (χ0v) is 16.1. The average molecular weight is 363 g/mol. The van der Waals surface area contributed by atoms with Crippen LogP contribution in [0.4, 0.5) is 0 Å². The van der Waals surface area contributed by atoms with E-state index in [2.05, 4.69) is 36.7 Å². The summed E-state index contributed by atoms with van der Waals surface area (Å²) in [7, 11) is 1.73. The fraction of sp³-hybridized carbons (Fsp3) is 0.364. The monoisotopic (exact) mass is 363 g/mol. The summed E-state index contributed by atoms with van der Waals surface area (Å²) in [6, 6.07) is 16.4. The standard InChI is InChI=1S/C22H25N3O2/c1-22(2,15-26-3)20-13-25-18(12-23-20)17-10-7-11-19(21(17)24-25)27-14-16-8-5-4-6-9-16/h4-12,20H,13-15H2,1-3H3. The molecule has 5 heteroatoms. The lowest BCUT2D eigenvalue weighted by Crippen LogP contribution is -2.38. The Morgan fingerprint density at radius 1 is 1.11 bits per heavy atom. The van der Waals surface area contributed by atoms with E-state index in [0.29, 0.717) is 13.2 Å². The van der Waals surface area contributed by atoms with Crippen molar-refractivity contribution in [3.63, 3.8) is 0 Å². The molecule has 1 atom stereocenters. The molecule has 5 nitrogen and oxygen atoms in total. The normalized spacial score (nSPS) is 16.5. The smallest absolute Gasteiger partial charge is 0.147 e. The van der Waals surface area contributed by atoms with Gasteiger partial charge in [-0.05, 0) is 11.6 Å². The van der Waals surface area contributed by atoms with Gasteiger partial charge in [0, 0.05) is 24.1 Å². The number of methoxy groups -OCH3 is 1. The predicted octanol–water partition coefficient (Wildman–Crippen LogP) is 4.09. The second-order valence-electron chi connectivity index (χ2n) is 7.71. The Morgan fingerprint density at radius 3 is 2.70 bits per heavy atom. The average Bonchev–Trinajstić information content (AvgIpc) is 3.05. The molecule has 2 heterocycles. The minimum atomic E-state index is -0.0479. The second kappa shape index (κ2) is 7.16. The molecule has 140 valence electrons. The van der Waals surface area contributed by atoms with E-state index in [1.165, 1.54) is 0 Å². The van der Waals surface area contributed by atoms with Crippen molar-refractivity contribution < 1.29 is 9.47 Å². The van der Waals surface area contributed by atoms with Gasteiger partial charge in [-0.1, -0.05) is 56.3 Å². The van der Waals surface area contributed by atoms with Crippen LogP contribution >= 0.6 is 0 Å². The Morgan fingerprint density at radius 2 is 1.93 bits per heavy atom. The SMILES string of the molecule is COCC(C)(C)C1Cn2nc3c(OCc4ccccc4)cccc3c2C=N1. The Bertz CT molecular complexity index is 960. The van der Waals surface area contributed by atoms with E-state index in [1.807, 2.05) is 36.5 Å². The molecule has 2 aromatic carbocycles. The van der Waals surface area contributed by atoms with Crippen molar-refractivity contribution >= 4 is 17.1 Å². The first-order valence-corrected chi connectivity index (χ1v) is 9.27. The summed E-state index contributed by atoms with van der Waals surface area (Å²) in [5, 5.41) is 5.93. The number of benzene rings is 2. The van der Waals surface area contributed by atoms with Crippen LogP contribution in [0.2, 0.25) is 0 Å². The van der Waals surface area contributed by atoms with Crippen molar-refractivity contribution in [1.29, 1.82) is 0 Å². The summed E-state index contributed by atoms with van der Waals surface area (Å²) >= 11 is 0. The minimum Gasteiger partial charge on any atom is -0.487 e. The number of nitrogens with zero attached hydrogens (tertiary/aromatic N) is 3. The van der Waals surface area contributed by atoms with Gasteiger partial charge < -0.3 is 9.47 Å². The molecule has 0 saturated heterocycles. The molecule has 0 spiro atoms. The van der Waals surface area contributed by atoms with Crippen molar-refractivity contribution in [3.8, 4) is 5.75 Å². The van der Waals surface area contributed by atoms with E-state index in [4.69, 9.17) is 19.6 Å². The molecule has 1 unspecified atom stereocenters. The maximum Gasteiger partial charge on any atom is 0.147 e. The number of hydrogen-bond acceptors (Lipinski definition) is 4. The molecule has 0 radical (unpaired) electrons. The fourth-order valence-electron chi connectivity index (χ4n) is 3.56. The molecule has 0 amide bonds. The van der Waals surface area contributed by atoms with Crippen LogP contribution in [0, 0.1) is 5.41 Å². The lowest BCUT2D eigenvalue weighted by molar-refractivity contribution is 0.0797. The van der Waals surface area contributed by atoms with Gasteiger partial charge in [-0.3, -0.25) is 9.67 Å². The number of hydrogen-bond donors (Lipinski definition) is 0. The molecule has 1 aliphatic heterocycles. The van der Waals surface area contributed by atoms with Crippen molar-refractivity contribution in [1.82, 2.24) is 9.78 Å². The molecule has 3 aromatic rings. The quantitative estimate of drug-likeness (QED) is 0.663. The van der Waals surface area contributed by atoms with Gasteiger partial charge in [-0.2, -0.15) is 5.10 Å².